The number of ether oxygens (including phenoxy) is 1. The minimum Gasteiger partial charge on any atom is -0.378 e. The van der Waals surface area contributed by atoms with Gasteiger partial charge in [0.15, 0.2) is 5.65 Å². The first-order chi connectivity index (χ1) is 16.6. The zero-order valence-electron chi connectivity index (χ0n) is 20.0. The molecule has 3 aliphatic rings. The van der Waals surface area contributed by atoms with Gasteiger partial charge in [0.2, 0.25) is 0 Å². The minimum absolute atomic E-state index is 0. The SMILES string of the molecule is Cl.Cl.O=C(c1cccc(CNc2c3c(nc4c(Cl)cnn24)C2(CCNCC2)CC3)c1)N1CCOCC1. The number of carbonyl (C=O) groups is 1. The van der Waals surface area contributed by atoms with E-state index in [1.54, 1.807) is 6.20 Å². The van der Waals surface area contributed by atoms with E-state index >= 15 is 0 Å². The first kappa shape index (κ1) is 26.9. The number of piperidine rings is 1. The summed E-state index contributed by atoms with van der Waals surface area (Å²) in [7, 11) is 0. The van der Waals surface area contributed by atoms with Crippen molar-refractivity contribution in [3.63, 3.8) is 0 Å². The molecule has 1 aliphatic carbocycles. The molecule has 2 aliphatic heterocycles. The molecule has 0 atom stereocenters. The van der Waals surface area contributed by atoms with Gasteiger partial charge in [-0.3, -0.25) is 4.79 Å². The lowest BCUT2D eigenvalue weighted by molar-refractivity contribution is 0.0303. The van der Waals surface area contributed by atoms with E-state index in [1.807, 2.05) is 33.7 Å². The summed E-state index contributed by atoms with van der Waals surface area (Å²) in [6.45, 7) is 5.10. The summed E-state index contributed by atoms with van der Waals surface area (Å²) in [6, 6.07) is 7.86. The van der Waals surface area contributed by atoms with Crippen molar-refractivity contribution < 1.29 is 9.53 Å². The van der Waals surface area contributed by atoms with Gasteiger partial charge in [0, 0.05) is 36.2 Å². The van der Waals surface area contributed by atoms with Gasteiger partial charge in [0.25, 0.3) is 5.91 Å². The van der Waals surface area contributed by atoms with Crippen molar-refractivity contribution in [3.8, 4) is 0 Å². The summed E-state index contributed by atoms with van der Waals surface area (Å²) in [5.74, 6) is 1.02. The lowest BCUT2D eigenvalue weighted by atomic mass is 9.77. The molecule has 0 bridgehead atoms. The number of nitrogens with zero attached hydrogens (tertiary/aromatic N) is 4. The molecule has 2 N–H and O–H groups in total. The van der Waals surface area contributed by atoms with Crippen LogP contribution in [0.15, 0.2) is 30.5 Å². The standard InChI is InChI=1S/C25H29ClN6O2.2ClH/c26-20-16-29-32-22(19-4-5-25(6-8-27-9-7-25)21(19)30-23(20)32)28-15-17-2-1-3-18(14-17)24(33)31-10-12-34-13-11-31;;/h1-3,14,16,27-28H,4-13,15H2;2*1H. The molecule has 0 unspecified atom stereocenters. The Morgan fingerprint density at radius 3 is 2.72 bits per heavy atom. The number of hydrogen-bond acceptors (Lipinski definition) is 6. The van der Waals surface area contributed by atoms with Gasteiger partial charge in [0.1, 0.15) is 10.8 Å². The third-order valence-electron chi connectivity index (χ3n) is 7.55. The molecule has 2 fully saturated rings. The molecule has 1 spiro atoms. The summed E-state index contributed by atoms with van der Waals surface area (Å²) in [5.41, 5.74) is 5.01. The highest BCUT2D eigenvalue weighted by atomic mass is 35.5. The van der Waals surface area contributed by atoms with Crippen LogP contribution in [-0.4, -0.2) is 64.8 Å². The van der Waals surface area contributed by atoms with Crippen LogP contribution in [0.5, 0.6) is 0 Å². The van der Waals surface area contributed by atoms with E-state index in [-0.39, 0.29) is 36.1 Å². The smallest absolute Gasteiger partial charge is 0.254 e. The summed E-state index contributed by atoms with van der Waals surface area (Å²) in [4.78, 5) is 19.8. The molecule has 194 valence electrons. The lowest BCUT2D eigenvalue weighted by Crippen LogP contribution is -2.40. The van der Waals surface area contributed by atoms with Crippen molar-refractivity contribution in [1.82, 2.24) is 24.8 Å². The summed E-state index contributed by atoms with van der Waals surface area (Å²) in [6.07, 6.45) is 5.95. The zero-order chi connectivity index (χ0) is 23.1. The largest absolute Gasteiger partial charge is 0.378 e. The molecule has 11 heteroatoms. The molecule has 1 aromatic carbocycles. The maximum absolute atomic E-state index is 12.9. The molecule has 2 saturated heterocycles. The van der Waals surface area contributed by atoms with Gasteiger partial charge in [0.05, 0.1) is 25.1 Å². The highest BCUT2D eigenvalue weighted by molar-refractivity contribution is 6.33. The fraction of sp³-hybridized carbons (Fsp3) is 0.480. The van der Waals surface area contributed by atoms with Crippen molar-refractivity contribution in [2.24, 2.45) is 0 Å². The third kappa shape index (κ3) is 4.77. The molecule has 6 rings (SSSR count). The van der Waals surface area contributed by atoms with E-state index < -0.39 is 0 Å². The Balaban J connectivity index is 0.00000152. The number of morpholine rings is 1. The number of carbonyl (C=O) groups excluding carboxylic acids is 1. The third-order valence-corrected chi connectivity index (χ3v) is 7.82. The fourth-order valence-electron chi connectivity index (χ4n) is 5.68. The maximum atomic E-state index is 12.9. The first-order valence-electron chi connectivity index (χ1n) is 12.1. The normalized spacial score (nSPS) is 18.4. The monoisotopic (exact) mass is 552 g/mol. The maximum Gasteiger partial charge on any atom is 0.254 e. The molecule has 3 aromatic rings. The first-order valence-corrected chi connectivity index (χ1v) is 12.5. The van der Waals surface area contributed by atoms with Crippen molar-refractivity contribution in [3.05, 3.63) is 57.9 Å². The summed E-state index contributed by atoms with van der Waals surface area (Å²) in [5, 5.41) is 12.2. The van der Waals surface area contributed by atoms with E-state index in [0.717, 1.165) is 50.2 Å². The highest BCUT2D eigenvalue weighted by Gasteiger charge is 2.43. The number of benzene rings is 1. The second kappa shape index (κ2) is 11.1. The molecule has 0 saturated carbocycles. The van der Waals surface area contributed by atoms with E-state index in [1.165, 1.54) is 11.3 Å². The van der Waals surface area contributed by atoms with Crippen LogP contribution in [0.25, 0.3) is 5.65 Å². The molecule has 2 aromatic heterocycles. The number of nitrogens with one attached hydrogen (secondary N) is 2. The average molecular weight is 554 g/mol. The fourth-order valence-corrected chi connectivity index (χ4v) is 5.85. The Kier molecular flexibility index (Phi) is 8.32. The van der Waals surface area contributed by atoms with Crippen LogP contribution >= 0.6 is 36.4 Å². The van der Waals surface area contributed by atoms with E-state index in [9.17, 15) is 4.79 Å². The number of fused-ring (bicyclic) bond motifs is 3. The van der Waals surface area contributed by atoms with Gasteiger partial charge in [-0.15, -0.1) is 24.8 Å². The zero-order valence-corrected chi connectivity index (χ0v) is 22.4. The van der Waals surface area contributed by atoms with Crippen molar-refractivity contribution in [2.75, 3.05) is 44.7 Å². The van der Waals surface area contributed by atoms with E-state index in [4.69, 9.17) is 21.3 Å². The van der Waals surface area contributed by atoms with Crippen LogP contribution < -0.4 is 10.6 Å². The molecule has 1 amide bonds. The molecule has 8 nitrogen and oxygen atoms in total. The summed E-state index contributed by atoms with van der Waals surface area (Å²) < 4.78 is 7.22. The second-order valence-corrected chi connectivity index (χ2v) is 9.91. The van der Waals surface area contributed by atoms with Crippen molar-refractivity contribution in [2.45, 2.75) is 37.6 Å². The Morgan fingerprint density at radius 2 is 1.94 bits per heavy atom. The molecular formula is C25H31Cl3N6O2. The van der Waals surface area contributed by atoms with Crippen molar-refractivity contribution >= 4 is 53.8 Å². The molecular weight excluding hydrogens is 523 g/mol. The van der Waals surface area contributed by atoms with E-state index in [2.05, 4.69) is 15.7 Å². The van der Waals surface area contributed by atoms with Crippen LogP contribution in [0.1, 0.15) is 46.4 Å². The number of rotatable bonds is 4. The number of aromatic nitrogens is 3. The Bertz CT molecular complexity index is 1240. The van der Waals surface area contributed by atoms with Gasteiger partial charge in [-0.2, -0.15) is 9.61 Å². The topological polar surface area (TPSA) is 83.8 Å². The molecule has 0 radical (unpaired) electrons. The number of amides is 1. The van der Waals surface area contributed by atoms with Crippen molar-refractivity contribution in [1.29, 1.82) is 0 Å². The number of halogens is 3. The van der Waals surface area contributed by atoms with Gasteiger partial charge in [-0.1, -0.05) is 23.7 Å². The van der Waals surface area contributed by atoms with Crippen LogP contribution in [0.3, 0.4) is 0 Å². The Hall–Kier alpha value is -2.10. The summed E-state index contributed by atoms with van der Waals surface area (Å²) >= 11 is 6.48. The Labute approximate surface area is 227 Å². The minimum atomic E-state index is 0. The van der Waals surface area contributed by atoms with E-state index in [0.29, 0.717) is 49.1 Å². The predicted octanol–water partition coefficient (Wildman–Crippen LogP) is 3.88. The quantitative estimate of drug-likeness (QED) is 0.510. The predicted molar refractivity (Wildman–Crippen MR) is 145 cm³/mol. The van der Waals surface area contributed by atoms with Gasteiger partial charge < -0.3 is 20.3 Å². The second-order valence-electron chi connectivity index (χ2n) is 9.50. The van der Waals surface area contributed by atoms with Crippen LogP contribution in [0.2, 0.25) is 5.02 Å². The number of hydrogen-bond donors (Lipinski definition) is 2. The van der Waals surface area contributed by atoms with Gasteiger partial charge in [-0.05, 0) is 56.5 Å². The van der Waals surface area contributed by atoms with Gasteiger partial charge >= 0.3 is 0 Å². The molecule has 36 heavy (non-hydrogen) atoms. The van der Waals surface area contributed by atoms with Crippen LogP contribution in [0, 0.1) is 0 Å². The average Bonchev–Trinajstić information content (AvgIpc) is 3.43. The van der Waals surface area contributed by atoms with Gasteiger partial charge in [-0.25, -0.2) is 4.98 Å². The number of anilines is 1. The molecule has 4 heterocycles. The lowest BCUT2D eigenvalue weighted by Gasteiger charge is -2.34. The van der Waals surface area contributed by atoms with Crippen LogP contribution in [0.4, 0.5) is 5.82 Å². The Morgan fingerprint density at radius 1 is 1.17 bits per heavy atom. The highest BCUT2D eigenvalue weighted by Crippen LogP contribution is 2.46. The van der Waals surface area contributed by atoms with Crippen LogP contribution in [-0.2, 0) is 23.1 Å².